The van der Waals surface area contributed by atoms with E-state index in [1.165, 1.54) is 12.1 Å². The molecule has 1 fully saturated rings. The van der Waals surface area contributed by atoms with Gasteiger partial charge in [-0.3, -0.25) is 9.69 Å². The van der Waals surface area contributed by atoms with E-state index in [0.29, 0.717) is 18.2 Å². The Morgan fingerprint density at radius 3 is 3.05 bits per heavy atom. The van der Waals surface area contributed by atoms with Crippen molar-refractivity contribution in [2.75, 3.05) is 31.6 Å². The summed E-state index contributed by atoms with van der Waals surface area (Å²) in [7, 11) is 1.93. The largest absolute Gasteiger partial charge is 0.387 e. The number of amides is 1. The maximum absolute atomic E-state index is 13.3. The third kappa shape index (κ3) is 4.84. The number of carbonyl (C=O) groups excluding carboxylic acids is 1. The van der Waals surface area contributed by atoms with E-state index in [-0.39, 0.29) is 17.5 Å². The summed E-state index contributed by atoms with van der Waals surface area (Å²) < 4.78 is 13.3. The molecular weight excluding hydrogens is 327 g/mol. The van der Waals surface area contributed by atoms with Gasteiger partial charge in [-0.2, -0.15) is 11.8 Å². The van der Waals surface area contributed by atoms with Gasteiger partial charge >= 0.3 is 0 Å². The smallest absolute Gasteiger partial charge is 0.234 e. The van der Waals surface area contributed by atoms with Gasteiger partial charge in [0.15, 0.2) is 0 Å². The van der Waals surface area contributed by atoms with E-state index < -0.39 is 11.9 Å². The average molecular weight is 347 g/mol. The van der Waals surface area contributed by atoms with E-state index in [4.69, 9.17) is 11.6 Å². The SMILES string of the molecule is CN(CC(=O)NCC(O)c1ccc(Cl)c(F)c1)C1CCSC1. The summed E-state index contributed by atoms with van der Waals surface area (Å²) in [6.45, 7) is 0.347. The minimum atomic E-state index is -0.956. The lowest BCUT2D eigenvalue weighted by molar-refractivity contribution is -0.122. The topological polar surface area (TPSA) is 52.6 Å². The average Bonchev–Trinajstić information content (AvgIpc) is 3.02. The maximum atomic E-state index is 13.3. The molecule has 1 aliphatic heterocycles. The Balaban J connectivity index is 1.78. The first-order valence-corrected chi connectivity index (χ1v) is 8.68. The molecule has 0 aromatic heterocycles. The first kappa shape index (κ1) is 17.5. The Hall–Kier alpha value is -0.820. The summed E-state index contributed by atoms with van der Waals surface area (Å²) in [5.41, 5.74) is 0.391. The number of nitrogens with zero attached hydrogens (tertiary/aromatic N) is 1. The van der Waals surface area contributed by atoms with Crippen LogP contribution in [-0.2, 0) is 4.79 Å². The van der Waals surface area contributed by atoms with Gasteiger partial charge in [0.25, 0.3) is 0 Å². The van der Waals surface area contributed by atoms with Crippen molar-refractivity contribution in [1.82, 2.24) is 10.2 Å². The van der Waals surface area contributed by atoms with Crippen molar-refractivity contribution in [3.8, 4) is 0 Å². The first-order chi connectivity index (χ1) is 10.5. The zero-order chi connectivity index (χ0) is 16.1. The van der Waals surface area contributed by atoms with Gasteiger partial charge in [0, 0.05) is 18.3 Å². The highest BCUT2D eigenvalue weighted by Crippen LogP contribution is 2.21. The number of thioether (sulfide) groups is 1. The van der Waals surface area contributed by atoms with E-state index >= 15 is 0 Å². The Labute approximate surface area is 139 Å². The molecule has 1 heterocycles. The molecule has 22 heavy (non-hydrogen) atoms. The molecule has 122 valence electrons. The summed E-state index contributed by atoms with van der Waals surface area (Å²) >= 11 is 7.49. The van der Waals surface area contributed by atoms with Crippen molar-refractivity contribution in [3.63, 3.8) is 0 Å². The molecule has 1 aromatic rings. The molecule has 0 bridgehead atoms. The lowest BCUT2D eigenvalue weighted by atomic mass is 10.1. The molecule has 2 atom stereocenters. The Kier molecular flexibility index (Phi) is 6.50. The monoisotopic (exact) mass is 346 g/mol. The molecule has 2 N–H and O–H groups in total. The van der Waals surface area contributed by atoms with Crippen LogP contribution < -0.4 is 5.32 Å². The molecule has 2 unspecified atom stereocenters. The van der Waals surface area contributed by atoms with Crippen LogP contribution in [0.3, 0.4) is 0 Å². The van der Waals surface area contributed by atoms with E-state index in [2.05, 4.69) is 5.32 Å². The fourth-order valence-electron chi connectivity index (χ4n) is 2.33. The summed E-state index contributed by atoms with van der Waals surface area (Å²) in [5, 5.41) is 12.7. The summed E-state index contributed by atoms with van der Waals surface area (Å²) in [5.74, 6) is 1.46. The maximum Gasteiger partial charge on any atom is 0.234 e. The minimum Gasteiger partial charge on any atom is -0.387 e. The number of halogens is 2. The highest BCUT2D eigenvalue weighted by Gasteiger charge is 2.21. The normalized spacial score (nSPS) is 19.4. The van der Waals surface area contributed by atoms with Gasteiger partial charge in [0.05, 0.1) is 17.7 Å². The number of aliphatic hydroxyl groups is 1. The number of hydrogen-bond donors (Lipinski definition) is 2. The van der Waals surface area contributed by atoms with Crippen molar-refractivity contribution in [1.29, 1.82) is 0 Å². The number of benzene rings is 1. The molecule has 1 aliphatic rings. The third-order valence-corrected chi connectivity index (χ3v) is 5.19. The second-order valence-electron chi connectivity index (χ2n) is 5.43. The van der Waals surface area contributed by atoms with Gasteiger partial charge in [0.1, 0.15) is 5.82 Å². The van der Waals surface area contributed by atoms with Crippen molar-refractivity contribution < 1.29 is 14.3 Å². The zero-order valence-electron chi connectivity index (χ0n) is 12.4. The van der Waals surface area contributed by atoms with Crippen LogP contribution in [0, 0.1) is 5.82 Å². The van der Waals surface area contributed by atoms with E-state index in [9.17, 15) is 14.3 Å². The molecule has 0 radical (unpaired) electrons. The molecule has 1 saturated heterocycles. The predicted octanol–water partition coefficient (Wildman–Crippen LogP) is 2.07. The number of likely N-dealkylation sites (N-methyl/N-ethyl adjacent to an activating group) is 1. The van der Waals surface area contributed by atoms with Gasteiger partial charge in [0.2, 0.25) is 5.91 Å². The standard InChI is InChI=1S/C15H20ClFN2O2S/c1-19(11-4-5-22-9-11)8-15(21)18-7-14(20)10-2-3-12(16)13(17)6-10/h2-3,6,11,14,20H,4-5,7-9H2,1H3,(H,18,21). The highest BCUT2D eigenvalue weighted by atomic mass is 35.5. The number of hydrogen-bond acceptors (Lipinski definition) is 4. The van der Waals surface area contributed by atoms with Gasteiger partial charge in [-0.25, -0.2) is 4.39 Å². The van der Waals surface area contributed by atoms with Crippen molar-refractivity contribution in [2.24, 2.45) is 0 Å². The summed E-state index contributed by atoms with van der Waals surface area (Å²) in [6.07, 6.45) is 0.143. The summed E-state index contributed by atoms with van der Waals surface area (Å²) in [4.78, 5) is 13.9. The molecule has 4 nitrogen and oxygen atoms in total. The second-order valence-corrected chi connectivity index (χ2v) is 6.98. The Bertz CT molecular complexity index is 526. The molecule has 1 aromatic carbocycles. The lowest BCUT2D eigenvalue weighted by Gasteiger charge is -2.23. The minimum absolute atomic E-state index is 0.0102. The van der Waals surface area contributed by atoms with Crippen LogP contribution in [0.25, 0.3) is 0 Å². The molecule has 7 heteroatoms. The lowest BCUT2D eigenvalue weighted by Crippen LogP contribution is -2.41. The first-order valence-electron chi connectivity index (χ1n) is 7.15. The Morgan fingerprint density at radius 2 is 2.41 bits per heavy atom. The van der Waals surface area contributed by atoms with Crippen LogP contribution in [-0.4, -0.2) is 53.6 Å². The number of carbonyl (C=O) groups is 1. The van der Waals surface area contributed by atoms with Crippen LogP contribution in [0.15, 0.2) is 18.2 Å². The Morgan fingerprint density at radius 1 is 1.64 bits per heavy atom. The van der Waals surface area contributed by atoms with Gasteiger partial charge in [-0.05, 0) is 36.9 Å². The molecular formula is C15H20ClFN2O2S. The van der Waals surface area contributed by atoms with Crippen molar-refractivity contribution in [2.45, 2.75) is 18.6 Å². The van der Waals surface area contributed by atoms with Crippen LogP contribution >= 0.6 is 23.4 Å². The van der Waals surface area contributed by atoms with Crippen LogP contribution in [0.2, 0.25) is 5.02 Å². The fraction of sp³-hybridized carbons (Fsp3) is 0.533. The van der Waals surface area contributed by atoms with Crippen LogP contribution in [0.1, 0.15) is 18.1 Å². The molecule has 2 rings (SSSR count). The molecule has 0 spiro atoms. The number of rotatable bonds is 6. The third-order valence-electron chi connectivity index (χ3n) is 3.74. The summed E-state index contributed by atoms with van der Waals surface area (Å²) in [6, 6.07) is 4.56. The zero-order valence-corrected chi connectivity index (χ0v) is 14.0. The van der Waals surface area contributed by atoms with Gasteiger partial charge < -0.3 is 10.4 Å². The van der Waals surface area contributed by atoms with E-state index in [1.807, 2.05) is 23.7 Å². The van der Waals surface area contributed by atoms with Crippen LogP contribution in [0.4, 0.5) is 4.39 Å². The highest BCUT2D eigenvalue weighted by molar-refractivity contribution is 7.99. The van der Waals surface area contributed by atoms with Crippen LogP contribution in [0.5, 0.6) is 0 Å². The quantitative estimate of drug-likeness (QED) is 0.828. The molecule has 0 saturated carbocycles. The predicted molar refractivity (Wildman–Crippen MR) is 87.7 cm³/mol. The number of aliphatic hydroxyl groups excluding tert-OH is 1. The van der Waals surface area contributed by atoms with Crippen molar-refractivity contribution >= 4 is 29.3 Å². The molecule has 1 amide bonds. The molecule has 0 aliphatic carbocycles. The van der Waals surface area contributed by atoms with E-state index in [0.717, 1.165) is 17.9 Å². The fourth-order valence-corrected chi connectivity index (χ4v) is 3.75. The second kappa shape index (κ2) is 8.15. The van der Waals surface area contributed by atoms with E-state index in [1.54, 1.807) is 6.07 Å². The van der Waals surface area contributed by atoms with Gasteiger partial charge in [-0.15, -0.1) is 0 Å². The van der Waals surface area contributed by atoms with Gasteiger partial charge in [-0.1, -0.05) is 17.7 Å². The van der Waals surface area contributed by atoms with Crippen molar-refractivity contribution in [3.05, 3.63) is 34.6 Å². The number of nitrogens with one attached hydrogen (secondary N) is 1.